The molecule has 156 valence electrons. The van der Waals surface area contributed by atoms with Crippen molar-refractivity contribution < 1.29 is 0 Å². The predicted molar refractivity (Wildman–Crippen MR) is 130 cm³/mol. The first-order valence-corrected chi connectivity index (χ1v) is 11.1. The zero-order chi connectivity index (χ0) is 21.7. The molecule has 32 heavy (non-hydrogen) atoms. The molecular formula is C24H19N7S. The molecule has 0 saturated heterocycles. The van der Waals surface area contributed by atoms with Crippen LogP contribution in [0.2, 0.25) is 0 Å². The second kappa shape index (κ2) is 7.28. The highest BCUT2D eigenvalue weighted by molar-refractivity contribution is 7.08. The third kappa shape index (κ3) is 3.04. The number of aromatic nitrogens is 6. The van der Waals surface area contributed by atoms with Gasteiger partial charge in [0.1, 0.15) is 11.3 Å². The standard InChI is InChI=1S/C24H19N7S/c1-31(2)16-7-15(10-25-11-16)20-9-19-22(12-27-20)29-30-23(19)21-8-18-17(14-4-6-32-13-14)3-5-26-24(18)28-21/h3-13H,1-2H3,(H,26,28)(H,29,30). The van der Waals surface area contributed by atoms with Crippen molar-refractivity contribution in [3.63, 3.8) is 0 Å². The summed E-state index contributed by atoms with van der Waals surface area (Å²) in [5.41, 5.74) is 8.68. The number of nitrogens with zero attached hydrogens (tertiary/aromatic N) is 5. The van der Waals surface area contributed by atoms with Gasteiger partial charge in [-0.1, -0.05) is 0 Å². The van der Waals surface area contributed by atoms with E-state index in [2.05, 4.69) is 71.2 Å². The zero-order valence-electron chi connectivity index (χ0n) is 17.5. The van der Waals surface area contributed by atoms with Crippen molar-refractivity contribution in [2.24, 2.45) is 0 Å². The van der Waals surface area contributed by atoms with Crippen LogP contribution in [0.5, 0.6) is 0 Å². The fourth-order valence-electron chi connectivity index (χ4n) is 3.92. The maximum atomic E-state index is 4.62. The Balaban J connectivity index is 1.49. The maximum Gasteiger partial charge on any atom is 0.138 e. The third-order valence-electron chi connectivity index (χ3n) is 5.60. The summed E-state index contributed by atoms with van der Waals surface area (Å²) in [4.78, 5) is 19.0. The lowest BCUT2D eigenvalue weighted by Crippen LogP contribution is -2.08. The predicted octanol–water partition coefficient (Wildman–Crippen LogP) is 5.36. The number of hydrogen-bond acceptors (Lipinski definition) is 6. The molecule has 6 aromatic heterocycles. The molecule has 6 rings (SSSR count). The van der Waals surface area contributed by atoms with Gasteiger partial charge in [-0.05, 0) is 52.2 Å². The largest absolute Gasteiger partial charge is 0.376 e. The number of pyridine rings is 3. The Bertz CT molecular complexity index is 1560. The molecule has 8 heteroatoms. The second-order valence-corrected chi connectivity index (χ2v) is 8.61. The van der Waals surface area contributed by atoms with E-state index < -0.39 is 0 Å². The van der Waals surface area contributed by atoms with Gasteiger partial charge >= 0.3 is 0 Å². The molecule has 0 aromatic carbocycles. The Morgan fingerprint density at radius 1 is 0.938 bits per heavy atom. The molecule has 0 aliphatic heterocycles. The number of thiophene rings is 1. The number of rotatable bonds is 4. The van der Waals surface area contributed by atoms with Gasteiger partial charge in [0.2, 0.25) is 0 Å². The summed E-state index contributed by atoms with van der Waals surface area (Å²) in [6.07, 6.45) is 7.33. The number of hydrogen-bond donors (Lipinski definition) is 2. The Labute approximate surface area is 187 Å². The lowest BCUT2D eigenvalue weighted by Gasteiger charge is -2.12. The summed E-state index contributed by atoms with van der Waals surface area (Å²) in [5.74, 6) is 0. The fourth-order valence-corrected chi connectivity index (χ4v) is 4.57. The molecule has 0 amide bonds. The van der Waals surface area contributed by atoms with Gasteiger partial charge in [-0.15, -0.1) is 0 Å². The van der Waals surface area contributed by atoms with Crippen LogP contribution in [0.15, 0.2) is 65.9 Å². The minimum atomic E-state index is 0.842. The van der Waals surface area contributed by atoms with Crippen LogP contribution in [-0.2, 0) is 0 Å². The van der Waals surface area contributed by atoms with Crippen molar-refractivity contribution in [1.29, 1.82) is 0 Å². The van der Waals surface area contributed by atoms with E-state index >= 15 is 0 Å². The first-order valence-electron chi connectivity index (χ1n) is 10.1. The Hall–Kier alpha value is -4.04. The normalized spacial score (nSPS) is 11.4. The van der Waals surface area contributed by atoms with Gasteiger partial charge < -0.3 is 9.88 Å². The summed E-state index contributed by atoms with van der Waals surface area (Å²) in [6, 6.07) is 10.4. The van der Waals surface area contributed by atoms with Crippen LogP contribution in [0.3, 0.4) is 0 Å². The molecule has 2 N–H and O–H groups in total. The van der Waals surface area contributed by atoms with Crippen molar-refractivity contribution >= 4 is 39.0 Å². The molecule has 6 heterocycles. The summed E-state index contributed by atoms with van der Waals surface area (Å²) in [7, 11) is 4.00. The van der Waals surface area contributed by atoms with E-state index in [0.29, 0.717) is 0 Å². The van der Waals surface area contributed by atoms with Crippen LogP contribution in [0.1, 0.15) is 0 Å². The lowest BCUT2D eigenvalue weighted by atomic mass is 10.1. The van der Waals surface area contributed by atoms with Crippen LogP contribution in [0.4, 0.5) is 5.69 Å². The molecule has 0 bridgehead atoms. The fraction of sp³-hybridized carbons (Fsp3) is 0.0833. The monoisotopic (exact) mass is 437 g/mol. The summed E-state index contributed by atoms with van der Waals surface area (Å²) in [5, 5.41) is 14.0. The van der Waals surface area contributed by atoms with Crippen molar-refractivity contribution in [1.82, 2.24) is 30.1 Å². The number of anilines is 1. The van der Waals surface area contributed by atoms with E-state index in [1.54, 1.807) is 11.3 Å². The number of H-pyrrole nitrogens is 2. The van der Waals surface area contributed by atoms with Crippen LogP contribution < -0.4 is 4.90 Å². The second-order valence-electron chi connectivity index (χ2n) is 7.83. The van der Waals surface area contributed by atoms with Gasteiger partial charge in [0.05, 0.1) is 35.0 Å². The van der Waals surface area contributed by atoms with E-state index in [0.717, 1.165) is 55.8 Å². The average Bonchev–Trinajstić information content (AvgIpc) is 3.57. The minimum absolute atomic E-state index is 0.842. The Kier molecular flexibility index (Phi) is 4.26. The van der Waals surface area contributed by atoms with Gasteiger partial charge in [-0.2, -0.15) is 16.4 Å². The molecule has 0 spiro atoms. The number of fused-ring (bicyclic) bond motifs is 2. The quantitative estimate of drug-likeness (QED) is 0.388. The molecule has 0 fully saturated rings. The molecule has 0 aliphatic rings. The third-order valence-corrected chi connectivity index (χ3v) is 6.29. The average molecular weight is 438 g/mol. The molecule has 0 unspecified atom stereocenters. The Morgan fingerprint density at radius 3 is 2.72 bits per heavy atom. The molecule has 6 aromatic rings. The molecule has 7 nitrogen and oxygen atoms in total. The molecule has 0 aliphatic carbocycles. The van der Waals surface area contributed by atoms with Gasteiger partial charge in [-0.25, -0.2) is 4.98 Å². The van der Waals surface area contributed by atoms with Gasteiger partial charge in [0.25, 0.3) is 0 Å². The maximum absolute atomic E-state index is 4.62. The number of nitrogens with one attached hydrogen (secondary N) is 2. The first kappa shape index (κ1) is 18.7. The van der Waals surface area contributed by atoms with Gasteiger partial charge in [0, 0.05) is 42.8 Å². The van der Waals surface area contributed by atoms with Crippen molar-refractivity contribution in [3.8, 4) is 33.8 Å². The Morgan fingerprint density at radius 2 is 1.88 bits per heavy atom. The van der Waals surface area contributed by atoms with E-state index in [4.69, 9.17) is 0 Å². The zero-order valence-corrected chi connectivity index (χ0v) is 18.3. The summed E-state index contributed by atoms with van der Waals surface area (Å²) in [6.45, 7) is 0. The molecule has 0 saturated carbocycles. The van der Waals surface area contributed by atoms with Gasteiger partial charge in [-0.3, -0.25) is 15.1 Å². The summed E-state index contributed by atoms with van der Waals surface area (Å²) >= 11 is 1.69. The van der Waals surface area contributed by atoms with Crippen LogP contribution in [0, 0.1) is 0 Å². The molecule has 0 radical (unpaired) electrons. The van der Waals surface area contributed by atoms with E-state index in [1.807, 2.05) is 43.8 Å². The van der Waals surface area contributed by atoms with E-state index in [9.17, 15) is 0 Å². The van der Waals surface area contributed by atoms with Crippen molar-refractivity contribution in [3.05, 3.63) is 65.9 Å². The minimum Gasteiger partial charge on any atom is -0.376 e. The lowest BCUT2D eigenvalue weighted by molar-refractivity contribution is 1.11. The van der Waals surface area contributed by atoms with E-state index in [-0.39, 0.29) is 0 Å². The van der Waals surface area contributed by atoms with Gasteiger partial charge in [0.15, 0.2) is 0 Å². The number of aromatic amines is 2. The SMILES string of the molecule is CN(C)c1cncc(-c2cc3c(-c4cc5c(-c6ccsc6)ccnc5[nH]4)n[nH]c3cn2)c1. The smallest absolute Gasteiger partial charge is 0.138 e. The van der Waals surface area contributed by atoms with Crippen LogP contribution in [0.25, 0.3) is 55.7 Å². The summed E-state index contributed by atoms with van der Waals surface area (Å²) < 4.78 is 0. The first-order chi connectivity index (χ1) is 15.7. The van der Waals surface area contributed by atoms with Crippen LogP contribution >= 0.6 is 11.3 Å². The van der Waals surface area contributed by atoms with Crippen molar-refractivity contribution in [2.45, 2.75) is 0 Å². The van der Waals surface area contributed by atoms with E-state index in [1.165, 1.54) is 5.56 Å². The highest BCUT2D eigenvalue weighted by Gasteiger charge is 2.15. The highest BCUT2D eigenvalue weighted by atomic mass is 32.1. The highest BCUT2D eigenvalue weighted by Crippen LogP contribution is 2.34. The van der Waals surface area contributed by atoms with Crippen molar-refractivity contribution in [2.75, 3.05) is 19.0 Å². The topological polar surface area (TPSA) is 86.4 Å². The molecule has 0 atom stereocenters. The molecular weight excluding hydrogens is 418 g/mol. The van der Waals surface area contributed by atoms with Crippen LogP contribution in [-0.4, -0.2) is 44.2 Å².